The molecule has 2 heterocycles. The summed E-state index contributed by atoms with van der Waals surface area (Å²) in [6.07, 6.45) is 2.76. The molecule has 0 amide bonds. The van der Waals surface area contributed by atoms with E-state index in [0.29, 0.717) is 31.0 Å². The van der Waals surface area contributed by atoms with Gasteiger partial charge in [-0.05, 0) is 31.0 Å². The zero-order valence-electron chi connectivity index (χ0n) is 13.3. The normalized spacial score (nSPS) is 33.5. The van der Waals surface area contributed by atoms with Gasteiger partial charge in [0.05, 0.1) is 18.8 Å². The highest BCUT2D eigenvalue weighted by atomic mass is 28.4. The fourth-order valence-electron chi connectivity index (χ4n) is 3.00. The third-order valence-corrected chi connectivity index (χ3v) is 9.89. The van der Waals surface area contributed by atoms with E-state index in [1.807, 2.05) is 0 Å². The van der Waals surface area contributed by atoms with Crippen LogP contribution in [0.5, 0.6) is 0 Å². The molecule has 2 saturated heterocycles. The van der Waals surface area contributed by atoms with Gasteiger partial charge in [-0.15, -0.1) is 0 Å². The molecule has 5 heteroatoms. The van der Waals surface area contributed by atoms with Crippen LogP contribution in [0.25, 0.3) is 0 Å². The molecule has 4 unspecified atom stereocenters. The summed E-state index contributed by atoms with van der Waals surface area (Å²) in [4.78, 5) is 10.4. The highest BCUT2D eigenvalue weighted by Crippen LogP contribution is 2.45. The van der Waals surface area contributed by atoms with E-state index in [4.69, 9.17) is 13.9 Å². The van der Waals surface area contributed by atoms with Crippen LogP contribution in [0.15, 0.2) is 0 Å². The van der Waals surface area contributed by atoms with E-state index in [0.717, 1.165) is 19.4 Å². The molecule has 2 fully saturated rings. The minimum absolute atomic E-state index is 0.222. The lowest BCUT2D eigenvalue weighted by atomic mass is 9.80. The van der Waals surface area contributed by atoms with Crippen LogP contribution in [-0.4, -0.2) is 40.2 Å². The summed E-state index contributed by atoms with van der Waals surface area (Å²) >= 11 is 0. The molecule has 0 aliphatic carbocycles. The molecule has 0 aromatic heterocycles. The van der Waals surface area contributed by atoms with E-state index in [1.54, 1.807) is 0 Å². The maximum Gasteiger partial charge on any atom is 0.293 e. The largest absolute Gasteiger partial charge is 0.467 e. The fraction of sp³-hybridized carbons (Fsp3) is 0.933. The van der Waals surface area contributed by atoms with Crippen molar-refractivity contribution in [1.82, 2.24) is 0 Å². The van der Waals surface area contributed by atoms with Gasteiger partial charge in [-0.25, -0.2) is 0 Å². The zero-order valence-corrected chi connectivity index (χ0v) is 14.3. The average molecular weight is 300 g/mol. The van der Waals surface area contributed by atoms with Gasteiger partial charge < -0.3 is 13.9 Å². The number of ether oxygens (including phenoxy) is 2. The third-order valence-electron chi connectivity index (χ3n) is 5.39. The maximum absolute atomic E-state index is 10.4. The molecule has 0 aromatic rings. The minimum Gasteiger partial charge on any atom is -0.467 e. The van der Waals surface area contributed by atoms with Crippen molar-refractivity contribution in [3.8, 4) is 0 Å². The van der Waals surface area contributed by atoms with E-state index in [2.05, 4.69) is 33.9 Å². The number of fused-ring (bicyclic) bond motifs is 2. The molecule has 0 radical (unpaired) electrons. The van der Waals surface area contributed by atoms with Crippen molar-refractivity contribution in [2.75, 3.05) is 13.2 Å². The Morgan fingerprint density at radius 1 is 1.15 bits per heavy atom. The molecular formula is C15H28O4Si. The molecule has 0 saturated carbocycles. The first kappa shape index (κ1) is 16.0. The summed E-state index contributed by atoms with van der Waals surface area (Å²) in [5.41, 5.74) is 0. The molecule has 4 nitrogen and oxygen atoms in total. The van der Waals surface area contributed by atoms with Gasteiger partial charge in [0.15, 0.2) is 8.32 Å². The molecule has 116 valence electrons. The molecule has 0 aromatic carbocycles. The smallest absolute Gasteiger partial charge is 0.293 e. The number of carbonyl (C=O) groups excluding carboxylic acids is 1. The van der Waals surface area contributed by atoms with Crippen LogP contribution in [0, 0.1) is 11.8 Å². The molecule has 2 aliphatic rings. The van der Waals surface area contributed by atoms with Crippen molar-refractivity contribution < 1.29 is 18.7 Å². The summed E-state index contributed by atoms with van der Waals surface area (Å²) in [5, 5.41) is 0.222. The summed E-state index contributed by atoms with van der Waals surface area (Å²) in [7, 11) is -1.73. The number of hydrogen-bond acceptors (Lipinski definition) is 4. The number of hydrogen-bond donors (Lipinski definition) is 0. The van der Waals surface area contributed by atoms with Crippen molar-refractivity contribution in [2.45, 2.75) is 64.0 Å². The van der Waals surface area contributed by atoms with Gasteiger partial charge in [-0.2, -0.15) is 0 Å². The van der Waals surface area contributed by atoms with Crippen LogP contribution in [0.1, 0.15) is 33.6 Å². The van der Waals surface area contributed by atoms with Gasteiger partial charge in [-0.3, -0.25) is 4.79 Å². The van der Waals surface area contributed by atoms with Crippen molar-refractivity contribution >= 4 is 14.8 Å². The first-order chi connectivity index (χ1) is 9.26. The quantitative estimate of drug-likeness (QED) is 0.559. The highest BCUT2D eigenvalue weighted by molar-refractivity contribution is 6.74. The summed E-state index contributed by atoms with van der Waals surface area (Å²) in [6.45, 7) is 13.1. The Morgan fingerprint density at radius 3 is 2.20 bits per heavy atom. The Bertz CT molecular complexity index is 350. The minimum atomic E-state index is -1.73. The predicted octanol–water partition coefficient (Wildman–Crippen LogP) is 2.97. The highest BCUT2D eigenvalue weighted by Gasteiger charge is 2.50. The standard InChI is InChI=1S/C15H28O4Si/c1-15(2,3)20(4,5)18-9-12-11(8-17-10-16)13-6-7-14(12)19-13/h10-14H,6-9H2,1-5H3. The number of rotatable bonds is 6. The lowest BCUT2D eigenvalue weighted by Crippen LogP contribution is -2.44. The molecular weight excluding hydrogens is 272 g/mol. The maximum atomic E-state index is 10.4. The lowest BCUT2D eigenvalue weighted by molar-refractivity contribution is -0.131. The van der Waals surface area contributed by atoms with Crippen LogP contribution >= 0.6 is 0 Å². The van der Waals surface area contributed by atoms with Crippen LogP contribution in [-0.2, 0) is 18.7 Å². The van der Waals surface area contributed by atoms with Crippen molar-refractivity contribution in [1.29, 1.82) is 0 Å². The fourth-order valence-corrected chi connectivity index (χ4v) is 4.05. The monoisotopic (exact) mass is 300 g/mol. The second kappa shape index (κ2) is 5.77. The Morgan fingerprint density at radius 2 is 1.70 bits per heavy atom. The van der Waals surface area contributed by atoms with Crippen molar-refractivity contribution in [3.63, 3.8) is 0 Å². The van der Waals surface area contributed by atoms with Crippen LogP contribution < -0.4 is 0 Å². The third kappa shape index (κ3) is 3.10. The summed E-state index contributed by atoms with van der Waals surface area (Å²) in [6, 6.07) is 0. The van der Waals surface area contributed by atoms with Gasteiger partial charge in [0, 0.05) is 18.4 Å². The van der Waals surface area contributed by atoms with Crippen molar-refractivity contribution in [2.24, 2.45) is 11.8 Å². The summed E-state index contributed by atoms with van der Waals surface area (Å²) < 4.78 is 17.3. The van der Waals surface area contributed by atoms with Crippen LogP contribution in [0.2, 0.25) is 18.1 Å². The summed E-state index contributed by atoms with van der Waals surface area (Å²) in [5.74, 6) is 0.687. The Hall–Kier alpha value is -0.393. The SMILES string of the molecule is CC(C)(C)[Si](C)(C)OCC1C2CCC(O2)C1COC=O. The van der Waals surface area contributed by atoms with E-state index in [9.17, 15) is 4.79 Å². The van der Waals surface area contributed by atoms with Gasteiger partial charge in [0.1, 0.15) is 0 Å². The first-order valence-corrected chi connectivity index (χ1v) is 10.5. The van der Waals surface area contributed by atoms with Crippen LogP contribution in [0.4, 0.5) is 0 Å². The lowest BCUT2D eigenvalue weighted by Gasteiger charge is -2.38. The second-order valence-electron chi connectivity index (χ2n) is 7.62. The Labute approximate surface area is 123 Å². The molecule has 2 aliphatic heterocycles. The zero-order chi connectivity index (χ0) is 15.0. The predicted molar refractivity (Wildman–Crippen MR) is 80.0 cm³/mol. The molecule has 2 rings (SSSR count). The first-order valence-electron chi connectivity index (χ1n) is 7.61. The van der Waals surface area contributed by atoms with Crippen LogP contribution in [0.3, 0.4) is 0 Å². The second-order valence-corrected chi connectivity index (χ2v) is 12.4. The average Bonchev–Trinajstić information content (AvgIpc) is 2.93. The molecule has 20 heavy (non-hydrogen) atoms. The topological polar surface area (TPSA) is 44.8 Å². The molecule has 2 bridgehead atoms. The van der Waals surface area contributed by atoms with E-state index in [-0.39, 0.29) is 11.1 Å². The van der Waals surface area contributed by atoms with E-state index in [1.165, 1.54) is 0 Å². The molecule has 0 spiro atoms. The number of carbonyl (C=O) groups is 1. The van der Waals surface area contributed by atoms with E-state index >= 15 is 0 Å². The Balaban J connectivity index is 1.95. The van der Waals surface area contributed by atoms with Gasteiger partial charge in [0.2, 0.25) is 0 Å². The van der Waals surface area contributed by atoms with E-state index < -0.39 is 8.32 Å². The Kier molecular flexibility index (Phi) is 4.62. The van der Waals surface area contributed by atoms with Gasteiger partial charge in [-0.1, -0.05) is 20.8 Å². The van der Waals surface area contributed by atoms with Gasteiger partial charge in [0.25, 0.3) is 6.47 Å². The van der Waals surface area contributed by atoms with Gasteiger partial charge >= 0.3 is 0 Å². The van der Waals surface area contributed by atoms with Crippen molar-refractivity contribution in [3.05, 3.63) is 0 Å². The molecule has 4 atom stereocenters. The molecule has 0 N–H and O–H groups in total.